The van der Waals surface area contributed by atoms with Crippen molar-refractivity contribution < 1.29 is 22.4 Å². The largest absolute Gasteiger partial charge is 0.418 e. The molecular formula is C23H18F4N4O2S. The van der Waals surface area contributed by atoms with E-state index < -0.39 is 17.6 Å². The number of carbonyl (C=O) groups excluding carboxylic acids is 1. The molecule has 1 amide bonds. The molecule has 6 nitrogen and oxygen atoms in total. The van der Waals surface area contributed by atoms with Crippen LogP contribution in [-0.4, -0.2) is 34.4 Å². The molecule has 2 N–H and O–H groups in total. The summed E-state index contributed by atoms with van der Waals surface area (Å²) in [5.41, 5.74) is -0.320. The number of amides is 1. The van der Waals surface area contributed by atoms with Gasteiger partial charge in [0.05, 0.1) is 29.7 Å². The molecule has 2 aromatic carbocycles. The number of aromatic amines is 1. The number of H-pyrrole nitrogens is 1. The minimum Gasteiger partial charge on any atom is -0.324 e. The van der Waals surface area contributed by atoms with Gasteiger partial charge in [-0.1, -0.05) is 24.3 Å². The van der Waals surface area contributed by atoms with Crippen LogP contribution in [0.2, 0.25) is 0 Å². The van der Waals surface area contributed by atoms with Crippen molar-refractivity contribution in [3.63, 3.8) is 0 Å². The monoisotopic (exact) mass is 490 g/mol. The first-order valence-electron chi connectivity index (χ1n) is 10.0. The molecule has 0 aliphatic carbocycles. The number of likely N-dealkylation sites (N-methyl/N-ethyl adjacent to an activating group) is 1. The molecule has 0 fully saturated rings. The molecule has 4 rings (SSSR count). The van der Waals surface area contributed by atoms with E-state index in [1.165, 1.54) is 46.6 Å². The number of hydrogen-bond donors (Lipinski definition) is 2. The fraction of sp³-hybridized carbons (Fsp3) is 0.174. The number of hydrogen-bond acceptors (Lipinski definition) is 5. The van der Waals surface area contributed by atoms with Gasteiger partial charge in [0.1, 0.15) is 16.5 Å². The van der Waals surface area contributed by atoms with Crippen molar-refractivity contribution in [2.45, 2.75) is 12.7 Å². The lowest BCUT2D eigenvalue weighted by atomic mass is 10.1. The summed E-state index contributed by atoms with van der Waals surface area (Å²) in [6, 6.07) is 10.5. The molecule has 0 saturated heterocycles. The number of anilines is 1. The van der Waals surface area contributed by atoms with Gasteiger partial charge < -0.3 is 10.3 Å². The number of nitrogens with one attached hydrogen (secondary N) is 2. The summed E-state index contributed by atoms with van der Waals surface area (Å²) in [5.74, 6) is -0.722. The number of para-hydroxylation sites is 1. The third-order valence-electron chi connectivity index (χ3n) is 4.99. The van der Waals surface area contributed by atoms with E-state index in [9.17, 15) is 27.2 Å². The first-order chi connectivity index (χ1) is 16.1. The van der Waals surface area contributed by atoms with Gasteiger partial charge in [0, 0.05) is 10.9 Å². The summed E-state index contributed by atoms with van der Waals surface area (Å²) < 4.78 is 52.6. The average Bonchev–Trinajstić information content (AvgIpc) is 3.18. The molecular weight excluding hydrogens is 472 g/mol. The molecule has 0 saturated carbocycles. The Labute approximate surface area is 194 Å². The maximum Gasteiger partial charge on any atom is 0.418 e. The lowest BCUT2D eigenvalue weighted by Crippen LogP contribution is -2.31. The fourth-order valence-corrected chi connectivity index (χ4v) is 4.46. The third-order valence-corrected chi connectivity index (χ3v) is 5.86. The number of alkyl halides is 3. The summed E-state index contributed by atoms with van der Waals surface area (Å²) >= 11 is 1.26. The lowest BCUT2D eigenvalue weighted by molar-refractivity contribution is -0.137. The van der Waals surface area contributed by atoms with Crippen molar-refractivity contribution in [1.29, 1.82) is 0 Å². The quantitative estimate of drug-likeness (QED) is 0.378. The second-order valence-corrected chi connectivity index (χ2v) is 8.47. The first-order valence-corrected chi connectivity index (χ1v) is 10.9. The molecule has 0 spiro atoms. The average molecular weight is 490 g/mol. The Hall–Kier alpha value is -3.57. The summed E-state index contributed by atoms with van der Waals surface area (Å²) in [7, 11) is 1.58. The van der Waals surface area contributed by atoms with E-state index in [0.717, 1.165) is 6.07 Å². The Kier molecular flexibility index (Phi) is 6.49. The minimum absolute atomic E-state index is 0.0866. The van der Waals surface area contributed by atoms with E-state index in [4.69, 9.17) is 0 Å². The Morgan fingerprint density at radius 1 is 1.15 bits per heavy atom. The highest BCUT2D eigenvalue weighted by molar-refractivity contribution is 7.17. The smallest absolute Gasteiger partial charge is 0.324 e. The zero-order valence-electron chi connectivity index (χ0n) is 17.7. The highest BCUT2D eigenvalue weighted by Crippen LogP contribution is 2.34. The van der Waals surface area contributed by atoms with Gasteiger partial charge in [-0.15, -0.1) is 11.3 Å². The second-order valence-electron chi connectivity index (χ2n) is 7.61. The van der Waals surface area contributed by atoms with Crippen molar-refractivity contribution in [3.05, 3.63) is 81.5 Å². The van der Waals surface area contributed by atoms with Crippen LogP contribution in [0.4, 0.5) is 23.2 Å². The molecule has 0 aliphatic rings. The van der Waals surface area contributed by atoms with Crippen LogP contribution in [0.1, 0.15) is 11.4 Å². The molecule has 0 unspecified atom stereocenters. The van der Waals surface area contributed by atoms with Crippen molar-refractivity contribution in [1.82, 2.24) is 14.9 Å². The van der Waals surface area contributed by atoms with Crippen LogP contribution >= 0.6 is 11.3 Å². The lowest BCUT2D eigenvalue weighted by Gasteiger charge is -2.17. The molecule has 0 aliphatic heterocycles. The number of nitrogens with zero attached hydrogens (tertiary/aromatic N) is 2. The topological polar surface area (TPSA) is 78.1 Å². The normalized spacial score (nSPS) is 11.8. The van der Waals surface area contributed by atoms with E-state index in [1.807, 2.05) is 0 Å². The highest BCUT2D eigenvalue weighted by atomic mass is 32.1. The van der Waals surface area contributed by atoms with Crippen molar-refractivity contribution in [3.8, 4) is 11.1 Å². The van der Waals surface area contributed by atoms with Gasteiger partial charge in [-0.2, -0.15) is 13.2 Å². The predicted molar refractivity (Wildman–Crippen MR) is 122 cm³/mol. The number of benzene rings is 2. The molecule has 34 heavy (non-hydrogen) atoms. The van der Waals surface area contributed by atoms with Gasteiger partial charge >= 0.3 is 6.18 Å². The van der Waals surface area contributed by atoms with E-state index in [2.05, 4.69) is 15.3 Å². The Bertz CT molecular complexity index is 1400. The summed E-state index contributed by atoms with van der Waals surface area (Å²) in [5, 5.41) is 4.42. The first kappa shape index (κ1) is 23.6. The van der Waals surface area contributed by atoms with Gasteiger partial charge in [-0.25, -0.2) is 9.37 Å². The maximum atomic E-state index is 13.2. The van der Waals surface area contributed by atoms with Gasteiger partial charge in [0.25, 0.3) is 5.56 Å². The standard InChI is InChI=1S/C23H18F4N4O2S/c1-31(11-19(32)28-17-5-3-2-4-16(17)23(25,26)27)10-18-29-21(33)20-15(12-34-22(20)30-18)13-6-8-14(24)9-7-13/h2-9,12H,10-11H2,1H3,(H,28,32)(H,29,30,33). The SMILES string of the molecule is CN(CC(=O)Nc1ccccc1C(F)(F)F)Cc1nc2scc(-c3ccc(F)cc3)c2c(=O)[nH]1. The van der Waals surface area contributed by atoms with Crippen LogP contribution in [0.15, 0.2) is 58.7 Å². The Morgan fingerprint density at radius 2 is 1.85 bits per heavy atom. The van der Waals surface area contributed by atoms with Crippen LogP contribution in [0.5, 0.6) is 0 Å². The molecule has 176 valence electrons. The number of halogens is 4. The van der Waals surface area contributed by atoms with E-state index in [-0.39, 0.29) is 30.2 Å². The van der Waals surface area contributed by atoms with Gasteiger partial charge in [-0.05, 0) is 36.9 Å². The number of rotatable bonds is 6. The maximum absolute atomic E-state index is 13.2. The summed E-state index contributed by atoms with van der Waals surface area (Å²) in [6.07, 6.45) is -4.60. The second kappa shape index (κ2) is 9.35. The van der Waals surface area contributed by atoms with Crippen molar-refractivity contribution in [2.24, 2.45) is 0 Å². The number of thiophene rings is 1. The zero-order chi connectivity index (χ0) is 24.5. The van der Waals surface area contributed by atoms with E-state index >= 15 is 0 Å². The van der Waals surface area contributed by atoms with Crippen LogP contribution < -0.4 is 10.9 Å². The third kappa shape index (κ3) is 5.15. The Balaban J connectivity index is 1.47. The van der Waals surface area contributed by atoms with Crippen molar-refractivity contribution in [2.75, 3.05) is 18.9 Å². The van der Waals surface area contributed by atoms with Gasteiger partial charge in [-0.3, -0.25) is 14.5 Å². The summed E-state index contributed by atoms with van der Waals surface area (Å²) in [6.45, 7) is -0.136. The molecule has 2 aromatic heterocycles. The van der Waals surface area contributed by atoms with Gasteiger partial charge in [0.15, 0.2) is 0 Å². The fourth-order valence-electron chi connectivity index (χ4n) is 3.50. The number of fused-ring (bicyclic) bond motifs is 1. The zero-order valence-corrected chi connectivity index (χ0v) is 18.6. The molecule has 11 heteroatoms. The number of carbonyl (C=O) groups is 1. The molecule has 0 bridgehead atoms. The van der Waals surface area contributed by atoms with Crippen LogP contribution in [0, 0.1) is 5.82 Å². The molecule has 2 heterocycles. The van der Waals surface area contributed by atoms with E-state index in [1.54, 1.807) is 24.6 Å². The molecule has 0 atom stereocenters. The van der Waals surface area contributed by atoms with Crippen molar-refractivity contribution >= 4 is 33.1 Å². The van der Waals surface area contributed by atoms with Gasteiger partial charge in [0.2, 0.25) is 5.91 Å². The highest BCUT2D eigenvalue weighted by Gasteiger charge is 2.33. The molecule has 4 aromatic rings. The summed E-state index contributed by atoms with van der Waals surface area (Å²) in [4.78, 5) is 34.2. The molecule has 0 radical (unpaired) electrons. The van der Waals surface area contributed by atoms with Crippen LogP contribution in [0.25, 0.3) is 21.3 Å². The predicted octanol–water partition coefficient (Wildman–Crippen LogP) is 4.88. The number of aromatic nitrogens is 2. The van der Waals surface area contributed by atoms with Crippen LogP contribution in [-0.2, 0) is 17.5 Å². The Morgan fingerprint density at radius 3 is 2.56 bits per heavy atom. The minimum atomic E-state index is -4.60. The van der Waals surface area contributed by atoms with Crippen LogP contribution in [0.3, 0.4) is 0 Å². The van der Waals surface area contributed by atoms with E-state index in [0.29, 0.717) is 27.2 Å².